The summed E-state index contributed by atoms with van der Waals surface area (Å²) in [5.41, 5.74) is 3.26. The molecule has 6 nitrogen and oxygen atoms in total. The van der Waals surface area contributed by atoms with E-state index < -0.39 is 11.7 Å². The van der Waals surface area contributed by atoms with Gasteiger partial charge in [0.2, 0.25) is 5.78 Å². The Morgan fingerprint density at radius 2 is 1.69 bits per heavy atom. The molecule has 6 heteroatoms. The van der Waals surface area contributed by atoms with Gasteiger partial charge in [0.1, 0.15) is 12.7 Å². The molecular weight excluding hydrogens is 328 g/mol. The van der Waals surface area contributed by atoms with E-state index in [1.165, 1.54) is 11.2 Å². The van der Waals surface area contributed by atoms with Crippen LogP contribution in [-0.2, 0) is 4.79 Å². The van der Waals surface area contributed by atoms with Crippen LogP contribution in [0.15, 0.2) is 61.2 Å². The quantitative estimate of drug-likeness (QED) is 0.525. The average molecular weight is 348 g/mol. The van der Waals surface area contributed by atoms with Crippen LogP contribution >= 0.6 is 0 Å². The number of rotatable bonds is 5. The number of likely N-dealkylation sites (N-methyl/N-ethyl adjacent to an activating group) is 1. The van der Waals surface area contributed by atoms with E-state index in [9.17, 15) is 9.59 Å². The fraction of sp³-hybridized carbons (Fsp3) is 0.200. The molecule has 0 aliphatic carbocycles. The van der Waals surface area contributed by atoms with Crippen LogP contribution in [0.1, 0.15) is 34.5 Å². The molecule has 0 aliphatic heterocycles. The van der Waals surface area contributed by atoms with Crippen LogP contribution in [0.25, 0.3) is 5.69 Å². The van der Waals surface area contributed by atoms with Gasteiger partial charge in [-0.05, 0) is 31.5 Å². The lowest BCUT2D eigenvalue weighted by Crippen LogP contribution is -2.35. The standard InChI is InChI=1S/C20H20N4O2/c1-14-4-6-17(7-5-14)19(25)20(26)23(3)15(2)16-8-10-18(11-9-16)24-13-21-12-22-24/h4-13,15H,1-3H3. The van der Waals surface area contributed by atoms with Crippen LogP contribution < -0.4 is 0 Å². The maximum absolute atomic E-state index is 12.6. The van der Waals surface area contributed by atoms with Gasteiger partial charge in [0.05, 0.1) is 11.7 Å². The van der Waals surface area contributed by atoms with Gasteiger partial charge < -0.3 is 4.90 Å². The van der Waals surface area contributed by atoms with Crippen molar-refractivity contribution >= 4 is 11.7 Å². The highest BCUT2D eigenvalue weighted by atomic mass is 16.2. The first-order chi connectivity index (χ1) is 12.5. The molecule has 3 rings (SSSR count). The number of carbonyl (C=O) groups excluding carboxylic acids is 2. The number of hydrogen-bond acceptors (Lipinski definition) is 4. The van der Waals surface area contributed by atoms with Crippen molar-refractivity contribution < 1.29 is 9.59 Å². The lowest BCUT2D eigenvalue weighted by molar-refractivity contribution is -0.127. The van der Waals surface area contributed by atoms with Gasteiger partial charge in [-0.3, -0.25) is 9.59 Å². The van der Waals surface area contributed by atoms with Crippen LogP contribution in [-0.4, -0.2) is 38.4 Å². The number of aromatic nitrogens is 3. The number of ketones is 1. The number of Topliss-reactive ketones (excluding diaryl/α,β-unsaturated/α-hetero) is 1. The predicted octanol–water partition coefficient (Wildman–Crippen LogP) is 2.98. The molecule has 1 unspecified atom stereocenters. The topological polar surface area (TPSA) is 68.1 Å². The monoisotopic (exact) mass is 348 g/mol. The van der Waals surface area contributed by atoms with E-state index in [2.05, 4.69) is 10.1 Å². The van der Waals surface area contributed by atoms with Crippen molar-refractivity contribution in [3.05, 3.63) is 77.9 Å². The molecule has 1 heterocycles. The Morgan fingerprint density at radius 1 is 1.04 bits per heavy atom. The summed E-state index contributed by atoms with van der Waals surface area (Å²) in [7, 11) is 1.64. The molecule has 1 atom stereocenters. The van der Waals surface area contributed by atoms with E-state index in [-0.39, 0.29) is 6.04 Å². The molecule has 132 valence electrons. The van der Waals surface area contributed by atoms with E-state index in [0.29, 0.717) is 5.56 Å². The number of amides is 1. The third kappa shape index (κ3) is 3.54. The van der Waals surface area contributed by atoms with Crippen molar-refractivity contribution in [1.82, 2.24) is 19.7 Å². The molecule has 3 aromatic rings. The average Bonchev–Trinajstić information content (AvgIpc) is 3.21. The van der Waals surface area contributed by atoms with Crippen LogP contribution in [0.5, 0.6) is 0 Å². The van der Waals surface area contributed by atoms with Crippen molar-refractivity contribution in [2.75, 3.05) is 7.05 Å². The van der Waals surface area contributed by atoms with Crippen LogP contribution in [0.2, 0.25) is 0 Å². The molecule has 1 amide bonds. The minimum absolute atomic E-state index is 0.235. The van der Waals surface area contributed by atoms with Crippen molar-refractivity contribution in [3.8, 4) is 5.69 Å². The predicted molar refractivity (Wildman–Crippen MR) is 98.1 cm³/mol. The summed E-state index contributed by atoms with van der Waals surface area (Å²) in [4.78, 5) is 30.4. The molecule has 26 heavy (non-hydrogen) atoms. The van der Waals surface area contributed by atoms with Gasteiger partial charge in [-0.15, -0.1) is 0 Å². The van der Waals surface area contributed by atoms with Crippen molar-refractivity contribution in [1.29, 1.82) is 0 Å². The van der Waals surface area contributed by atoms with Gasteiger partial charge in [-0.25, -0.2) is 9.67 Å². The Morgan fingerprint density at radius 3 is 2.27 bits per heavy atom. The normalized spacial score (nSPS) is 11.8. The Bertz CT molecular complexity index is 900. The van der Waals surface area contributed by atoms with Gasteiger partial charge in [0.25, 0.3) is 5.91 Å². The molecule has 0 bridgehead atoms. The zero-order valence-corrected chi connectivity index (χ0v) is 15.0. The highest BCUT2D eigenvalue weighted by molar-refractivity contribution is 6.42. The van der Waals surface area contributed by atoms with E-state index in [0.717, 1.165) is 16.8 Å². The maximum atomic E-state index is 12.6. The second kappa shape index (κ2) is 7.31. The molecule has 0 saturated carbocycles. The van der Waals surface area contributed by atoms with Gasteiger partial charge in [0, 0.05) is 12.6 Å². The highest BCUT2D eigenvalue weighted by Gasteiger charge is 2.24. The van der Waals surface area contributed by atoms with Crippen molar-refractivity contribution in [3.63, 3.8) is 0 Å². The SMILES string of the molecule is Cc1ccc(C(=O)C(=O)N(C)C(C)c2ccc(-n3cncn3)cc2)cc1. The Hall–Kier alpha value is -3.28. The largest absolute Gasteiger partial charge is 0.332 e. The maximum Gasteiger partial charge on any atom is 0.295 e. The Balaban J connectivity index is 1.74. The molecule has 0 radical (unpaired) electrons. The van der Waals surface area contributed by atoms with Gasteiger partial charge in [-0.1, -0.05) is 42.0 Å². The van der Waals surface area contributed by atoms with E-state index in [1.54, 1.807) is 30.2 Å². The third-order valence-electron chi connectivity index (χ3n) is 4.47. The smallest absolute Gasteiger partial charge is 0.295 e. The summed E-state index contributed by atoms with van der Waals surface area (Å²) in [6, 6.07) is 14.4. The van der Waals surface area contributed by atoms with Gasteiger partial charge in [0.15, 0.2) is 0 Å². The highest BCUT2D eigenvalue weighted by Crippen LogP contribution is 2.21. The lowest BCUT2D eigenvalue weighted by Gasteiger charge is -2.25. The minimum atomic E-state index is -0.526. The first-order valence-electron chi connectivity index (χ1n) is 8.30. The molecule has 0 fully saturated rings. The number of aryl methyl sites for hydroxylation is 1. The summed E-state index contributed by atoms with van der Waals surface area (Å²) in [5.74, 6) is -1.03. The van der Waals surface area contributed by atoms with Crippen LogP contribution in [0, 0.1) is 6.92 Å². The first-order valence-corrected chi connectivity index (χ1v) is 8.30. The molecule has 2 aromatic carbocycles. The van der Waals surface area contributed by atoms with E-state index in [1.807, 2.05) is 50.2 Å². The molecule has 0 N–H and O–H groups in total. The summed E-state index contributed by atoms with van der Waals surface area (Å²) >= 11 is 0. The molecule has 1 aromatic heterocycles. The van der Waals surface area contributed by atoms with Crippen molar-refractivity contribution in [2.45, 2.75) is 19.9 Å². The number of benzene rings is 2. The van der Waals surface area contributed by atoms with E-state index in [4.69, 9.17) is 0 Å². The van der Waals surface area contributed by atoms with Crippen molar-refractivity contribution in [2.24, 2.45) is 0 Å². The summed E-state index contributed by atoms with van der Waals surface area (Å²) in [6.45, 7) is 3.83. The number of hydrogen-bond donors (Lipinski definition) is 0. The second-order valence-corrected chi connectivity index (χ2v) is 6.22. The molecular formula is C20H20N4O2. The van der Waals surface area contributed by atoms with Gasteiger partial charge in [-0.2, -0.15) is 5.10 Å². The van der Waals surface area contributed by atoms with Gasteiger partial charge >= 0.3 is 0 Å². The fourth-order valence-electron chi connectivity index (χ4n) is 2.64. The van der Waals surface area contributed by atoms with E-state index >= 15 is 0 Å². The summed E-state index contributed by atoms with van der Waals surface area (Å²) < 4.78 is 1.66. The summed E-state index contributed by atoms with van der Waals surface area (Å²) in [6.07, 6.45) is 3.09. The number of carbonyl (C=O) groups is 2. The molecule has 0 saturated heterocycles. The Labute approximate surface area is 152 Å². The first kappa shape index (κ1) is 17.5. The molecule has 0 aliphatic rings. The van der Waals surface area contributed by atoms with Crippen LogP contribution in [0.3, 0.4) is 0 Å². The fourth-order valence-corrected chi connectivity index (χ4v) is 2.64. The molecule has 0 spiro atoms. The number of nitrogens with zero attached hydrogens (tertiary/aromatic N) is 4. The van der Waals surface area contributed by atoms with Crippen LogP contribution in [0.4, 0.5) is 0 Å². The Kier molecular flexibility index (Phi) is 4.93. The second-order valence-electron chi connectivity index (χ2n) is 6.22. The lowest BCUT2D eigenvalue weighted by atomic mass is 10.0. The summed E-state index contributed by atoms with van der Waals surface area (Å²) in [5, 5.41) is 4.08. The zero-order valence-electron chi connectivity index (χ0n) is 15.0. The minimum Gasteiger partial charge on any atom is -0.332 e. The third-order valence-corrected chi connectivity index (χ3v) is 4.47. The zero-order chi connectivity index (χ0) is 18.7.